The van der Waals surface area contributed by atoms with Crippen molar-refractivity contribution in [3.63, 3.8) is 0 Å². The Morgan fingerprint density at radius 3 is 1.01 bits per heavy atom. The normalized spacial score (nSPS) is 16.2. The summed E-state index contributed by atoms with van der Waals surface area (Å²) in [6.07, 6.45) is 6.85. The minimum absolute atomic E-state index is 0.0236. The third-order valence-electron chi connectivity index (χ3n) is 8.80. The van der Waals surface area contributed by atoms with Gasteiger partial charge in [0.1, 0.15) is 0 Å². The van der Waals surface area contributed by atoms with Crippen LogP contribution < -0.4 is 10.6 Å². The number of nitrogens with zero attached hydrogens (tertiary/aromatic N) is 4. The highest BCUT2D eigenvalue weighted by molar-refractivity contribution is 7.86. The molecule has 0 radical (unpaired) electrons. The summed E-state index contributed by atoms with van der Waals surface area (Å²) >= 11 is 11.7. The number of carbonyl (C=O) groups is 8. The standard InChI is InChI=1S/2C16H24ClN3O2S.3C4H4O4/c2*1-19(2)11-9-18-16(21)20-10-3-4-15(12-20)23(22)14-7-5-13(17)6-8-14;3*5-3(6)1-2-4(7)8/h2*5-8,15H,3-4,9-12H2,1-2H3,(H,18,21);3*1-2H,(H,5,6)(H,7,8)/b;;3*2-1+. The number of halogens is 2. The van der Waals surface area contributed by atoms with Gasteiger partial charge in [0.05, 0.1) is 32.1 Å². The van der Waals surface area contributed by atoms with Gasteiger partial charge in [0, 0.05) is 109 Å². The molecule has 22 nitrogen and oxygen atoms in total. The van der Waals surface area contributed by atoms with Crippen LogP contribution in [0.1, 0.15) is 25.7 Å². The van der Waals surface area contributed by atoms with Crippen molar-refractivity contribution in [2.75, 3.05) is 80.5 Å². The van der Waals surface area contributed by atoms with Gasteiger partial charge in [-0.1, -0.05) is 23.2 Å². The summed E-state index contributed by atoms with van der Waals surface area (Å²) in [5.41, 5.74) is 0. The van der Waals surface area contributed by atoms with Gasteiger partial charge in [0.2, 0.25) is 0 Å². The number of likely N-dealkylation sites (tertiary alicyclic amines) is 2. The molecule has 4 unspecified atom stereocenters. The van der Waals surface area contributed by atoms with Gasteiger partial charge in [-0.3, -0.25) is 8.42 Å². The largest absolute Gasteiger partial charge is 0.478 e. The molecule has 4 amide bonds. The summed E-state index contributed by atoms with van der Waals surface area (Å²) in [4.78, 5) is 90.9. The molecule has 2 aromatic rings. The molecular weight excluding hydrogens is 1000 g/mol. The predicted octanol–water partition coefficient (Wildman–Crippen LogP) is 3.50. The molecule has 70 heavy (non-hydrogen) atoms. The Morgan fingerprint density at radius 2 is 0.786 bits per heavy atom. The Balaban J connectivity index is 0.000000938. The van der Waals surface area contributed by atoms with Crippen molar-refractivity contribution in [2.24, 2.45) is 0 Å². The fourth-order valence-corrected chi connectivity index (χ4v) is 8.76. The maximum absolute atomic E-state index is 12.7. The number of nitrogens with one attached hydrogen (secondary N) is 2. The quantitative estimate of drug-likeness (QED) is 0.112. The first-order chi connectivity index (χ1) is 32.8. The van der Waals surface area contributed by atoms with E-state index in [1.807, 2.05) is 38.0 Å². The van der Waals surface area contributed by atoms with E-state index in [2.05, 4.69) is 10.6 Å². The molecule has 2 aliphatic heterocycles. The molecule has 2 heterocycles. The van der Waals surface area contributed by atoms with Crippen LogP contribution in [0.4, 0.5) is 9.59 Å². The zero-order valence-electron chi connectivity index (χ0n) is 38.8. The maximum Gasteiger partial charge on any atom is 0.328 e. The Kier molecular flexibility index (Phi) is 32.7. The molecule has 2 aliphatic rings. The molecule has 0 saturated carbocycles. The van der Waals surface area contributed by atoms with Crippen LogP contribution in [0, 0.1) is 0 Å². The lowest BCUT2D eigenvalue weighted by Crippen LogP contribution is -2.49. The van der Waals surface area contributed by atoms with Crippen molar-refractivity contribution >= 4 is 92.7 Å². The first-order valence-corrected chi connectivity index (χ1v) is 24.1. The summed E-state index contributed by atoms with van der Waals surface area (Å²) in [5.74, 6) is -7.54. The smallest absolute Gasteiger partial charge is 0.328 e. The lowest BCUT2D eigenvalue weighted by Gasteiger charge is -2.32. The number of carboxylic acid groups (broad SMARTS) is 6. The number of hydrogen-bond acceptors (Lipinski definition) is 12. The Bertz CT molecular complexity index is 1930. The molecule has 4 atom stereocenters. The highest BCUT2D eigenvalue weighted by atomic mass is 35.5. The van der Waals surface area contributed by atoms with E-state index in [4.69, 9.17) is 53.8 Å². The molecule has 4 rings (SSSR count). The van der Waals surface area contributed by atoms with E-state index in [1.165, 1.54) is 0 Å². The van der Waals surface area contributed by atoms with E-state index in [1.54, 1.807) is 58.3 Å². The predicted molar refractivity (Wildman–Crippen MR) is 262 cm³/mol. The maximum atomic E-state index is 12.7. The number of piperidine rings is 2. The zero-order valence-corrected chi connectivity index (χ0v) is 42.0. The molecule has 0 aromatic heterocycles. The van der Waals surface area contributed by atoms with Gasteiger partial charge < -0.3 is 60.9 Å². The number of benzene rings is 2. The topological polar surface area (TPSA) is 329 Å². The van der Waals surface area contributed by atoms with Crippen LogP contribution in [0.15, 0.2) is 94.8 Å². The summed E-state index contributed by atoms with van der Waals surface area (Å²) in [6.45, 7) is 5.36. The van der Waals surface area contributed by atoms with Crippen molar-refractivity contribution in [1.82, 2.24) is 30.2 Å². The van der Waals surface area contributed by atoms with Crippen LogP contribution in [0.2, 0.25) is 10.0 Å². The third-order valence-corrected chi connectivity index (χ3v) is 12.8. The van der Waals surface area contributed by atoms with Crippen molar-refractivity contribution in [2.45, 2.75) is 46.0 Å². The van der Waals surface area contributed by atoms with Gasteiger partial charge in [0.15, 0.2) is 0 Å². The minimum Gasteiger partial charge on any atom is -0.478 e. The second-order valence-corrected chi connectivity index (χ2v) is 19.4. The molecule has 0 spiro atoms. The highest BCUT2D eigenvalue weighted by Crippen LogP contribution is 2.23. The van der Waals surface area contributed by atoms with Crippen LogP contribution in [0.5, 0.6) is 0 Å². The Hall–Kier alpha value is -6.18. The summed E-state index contributed by atoms with van der Waals surface area (Å²) < 4.78 is 25.4. The van der Waals surface area contributed by atoms with Crippen LogP contribution >= 0.6 is 23.2 Å². The highest BCUT2D eigenvalue weighted by Gasteiger charge is 2.29. The van der Waals surface area contributed by atoms with Crippen molar-refractivity contribution < 1.29 is 77.4 Å². The monoisotopic (exact) mass is 1060 g/mol. The third kappa shape index (κ3) is 31.8. The second-order valence-electron chi connectivity index (χ2n) is 15.0. The van der Waals surface area contributed by atoms with Crippen LogP contribution in [-0.2, 0) is 50.4 Å². The zero-order chi connectivity index (χ0) is 53.3. The summed E-state index contributed by atoms with van der Waals surface area (Å²) in [5, 5.41) is 53.9. The van der Waals surface area contributed by atoms with Gasteiger partial charge in [-0.15, -0.1) is 0 Å². The van der Waals surface area contributed by atoms with Crippen molar-refractivity contribution in [3.05, 3.63) is 95.0 Å². The van der Waals surface area contributed by atoms with E-state index < -0.39 is 57.4 Å². The van der Waals surface area contributed by atoms with Crippen LogP contribution in [0.3, 0.4) is 0 Å². The average Bonchev–Trinajstić information content (AvgIpc) is 3.30. The van der Waals surface area contributed by atoms with Crippen LogP contribution in [-0.4, -0.2) is 198 Å². The molecule has 2 saturated heterocycles. The number of hydrogen-bond donors (Lipinski definition) is 8. The van der Waals surface area contributed by atoms with Gasteiger partial charge in [-0.25, -0.2) is 38.4 Å². The van der Waals surface area contributed by atoms with Gasteiger partial charge in [0.25, 0.3) is 0 Å². The molecule has 0 aliphatic carbocycles. The number of amides is 4. The number of urea groups is 2. The lowest BCUT2D eigenvalue weighted by molar-refractivity contribution is -0.134. The van der Waals surface area contributed by atoms with Crippen molar-refractivity contribution in [1.29, 1.82) is 0 Å². The number of aliphatic carboxylic acids is 6. The molecular formula is C44H60Cl2N6O16S2. The SMILES string of the molecule is CN(C)CCNC(=O)N1CCCC(S(=O)c2ccc(Cl)cc2)C1.CN(C)CCNC(=O)N1CCCC(S(=O)c2ccc(Cl)cc2)C1.O=C(O)/C=C/C(=O)O.O=C(O)/C=C/C(=O)O.O=C(O)/C=C/C(=O)O. The number of carboxylic acids is 6. The van der Waals surface area contributed by atoms with Crippen molar-refractivity contribution in [3.8, 4) is 0 Å². The summed E-state index contributed by atoms with van der Waals surface area (Å²) in [6, 6.07) is 14.1. The Labute approximate surface area is 420 Å². The van der Waals surface area contributed by atoms with E-state index in [9.17, 15) is 46.8 Å². The lowest BCUT2D eigenvalue weighted by atomic mass is 10.1. The first-order valence-electron chi connectivity index (χ1n) is 20.9. The van der Waals surface area contributed by atoms with Gasteiger partial charge in [-0.05, 0) is 102 Å². The van der Waals surface area contributed by atoms with E-state index in [-0.39, 0.29) is 22.6 Å². The second kappa shape index (κ2) is 35.9. The molecule has 26 heteroatoms. The number of carbonyl (C=O) groups excluding carboxylic acids is 2. The Morgan fingerprint density at radius 1 is 0.529 bits per heavy atom. The molecule has 388 valence electrons. The fraction of sp³-hybridized carbons (Fsp3) is 0.409. The van der Waals surface area contributed by atoms with E-state index in [0.29, 0.717) is 72.7 Å². The summed E-state index contributed by atoms with van der Waals surface area (Å²) in [7, 11) is 5.65. The van der Waals surface area contributed by atoms with Crippen LogP contribution in [0.25, 0.3) is 0 Å². The minimum atomic E-state index is -1.26. The van der Waals surface area contributed by atoms with E-state index in [0.717, 1.165) is 61.7 Å². The average molecular weight is 1060 g/mol. The molecule has 2 aromatic carbocycles. The van der Waals surface area contributed by atoms with Gasteiger partial charge >= 0.3 is 47.9 Å². The van der Waals surface area contributed by atoms with E-state index >= 15 is 0 Å². The number of likely N-dealkylation sites (N-methyl/N-ethyl adjacent to an activating group) is 2. The molecule has 2 fully saturated rings. The first kappa shape index (κ1) is 63.8. The molecule has 8 N–H and O–H groups in total. The molecule has 0 bridgehead atoms. The number of rotatable bonds is 16. The fourth-order valence-electron chi connectivity index (χ4n) is 5.54. The van der Waals surface area contributed by atoms with Gasteiger partial charge in [-0.2, -0.15) is 0 Å².